The molecular weight excluding hydrogens is 401 g/mol. The van der Waals surface area contributed by atoms with Crippen molar-refractivity contribution in [3.8, 4) is 11.4 Å². The van der Waals surface area contributed by atoms with Crippen LogP contribution in [0, 0.1) is 0 Å². The Morgan fingerprint density at radius 1 is 1.21 bits per heavy atom. The fraction of sp³-hybridized carbons (Fsp3) is 0.211. The van der Waals surface area contributed by atoms with Gasteiger partial charge in [-0.05, 0) is 43.4 Å². The molecule has 1 amide bonds. The van der Waals surface area contributed by atoms with E-state index >= 15 is 0 Å². The molecule has 0 radical (unpaired) electrons. The number of ether oxygens (including phenoxy) is 1. The molecule has 0 aliphatic rings. The second-order valence-electron chi connectivity index (χ2n) is 6.18. The Bertz CT molecular complexity index is 963. The number of amides is 1. The van der Waals surface area contributed by atoms with Crippen molar-refractivity contribution in [3.05, 3.63) is 64.7 Å². The highest BCUT2D eigenvalue weighted by Gasteiger charge is 2.14. The number of benzene rings is 2. The van der Waals surface area contributed by atoms with Crippen molar-refractivity contribution in [2.45, 2.75) is 6.54 Å². The SMILES string of the molecule is COc1ccc(Cl)cc1CN(C)CC(=O)Nc1cc(Cl)ccc1-n1cncn1. The van der Waals surface area contributed by atoms with Gasteiger partial charge in [0.2, 0.25) is 5.91 Å². The molecule has 0 fully saturated rings. The van der Waals surface area contributed by atoms with Crippen LogP contribution in [0.3, 0.4) is 0 Å². The summed E-state index contributed by atoms with van der Waals surface area (Å²) in [5.74, 6) is 0.534. The standard InChI is InChI=1S/C19H19Cl2N5O2/c1-25(9-13-7-14(20)4-6-18(13)28-2)10-19(27)24-16-8-15(21)3-5-17(16)26-12-22-11-23-26/h3-8,11-12H,9-10H2,1-2H3,(H,24,27). The summed E-state index contributed by atoms with van der Waals surface area (Å²) < 4.78 is 6.92. The Hall–Kier alpha value is -2.61. The Balaban J connectivity index is 1.69. The molecule has 9 heteroatoms. The van der Waals surface area contributed by atoms with E-state index in [4.69, 9.17) is 27.9 Å². The van der Waals surface area contributed by atoms with E-state index in [1.54, 1.807) is 42.4 Å². The zero-order chi connectivity index (χ0) is 20.1. The summed E-state index contributed by atoms with van der Waals surface area (Å²) in [7, 11) is 3.44. The lowest BCUT2D eigenvalue weighted by atomic mass is 10.2. The van der Waals surface area contributed by atoms with Crippen molar-refractivity contribution < 1.29 is 9.53 Å². The third-order valence-corrected chi connectivity index (χ3v) is 4.46. The molecule has 0 unspecified atom stereocenters. The highest BCUT2D eigenvalue weighted by molar-refractivity contribution is 6.31. The van der Waals surface area contributed by atoms with Gasteiger partial charge >= 0.3 is 0 Å². The zero-order valence-corrected chi connectivity index (χ0v) is 16.9. The van der Waals surface area contributed by atoms with Crippen molar-refractivity contribution in [3.63, 3.8) is 0 Å². The Morgan fingerprint density at radius 2 is 1.96 bits per heavy atom. The predicted molar refractivity (Wildman–Crippen MR) is 109 cm³/mol. The van der Waals surface area contributed by atoms with Gasteiger partial charge in [-0.3, -0.25) is 9.69 Å². The molecular formula is C19H19Cl2N5O2. The zero-order valence-electron chi connectivity index (χ0n) is 15.4. The smallest absolute Gasteiger partial charge is 0.238 e. The second kappa shape index (κ2) is 9.05. The van der Waals surface area contributed by atoms with Gasteiger partial charge in [-0.2, -0.15) is 5.10 Å². The van der Waals surface area contributed by atoms with Gasteiger partial charge in [0.05, 0.1) is 25.0 Å². The van der Waals surface area contributed by atoms with Crippen LogP contribution in [0.25, 0.3) is 5.69 Å². The summed E-state index contributed by atoms with van der Waals surface area (Å²) >= 11 is 12.2. The van der Waals surface area contributed by atoms with Crippen LogP contribution in [-0.4, -0.2) is 46.3 Å². The number of carbonyl (C=O) groups is 1. The van der Waals surface area contributed by atoms with Crippen LogP contribution in [0.2, 0.25) is 10.0 Å². The summed E-state index contributed by atoms with van der Waals surface area (Å²) in [4.78, 5) is 18.4. The number of likely N-dealkylation sites (N-methyl/N-ethyl adjacent to an activating group) is 1. The van der Waals surface area contributed by atoms with Crippen LogP contribution in [0.4, 0.5) is 5.69 Å². The quantitative estimate of drug-likeness (QED) is 0.632. The molecule has 28 heavy (non-hydrogen) atoms. The highest BCUT2D eigenvalue weighted by Crippen LogP contribution is 2.25. The molecule has 3 rings (SSSR count). The number of halogens is 2. The highest BCUT2D eigenvalue weighted by atomic mass is 35.5. The van der Waals surface area contributed by atoms with Crippen molar-refractivity contribution in [1.82, 2.24) is 19.7 Å². The van der Waals surface area contributed by atoms with Gasteiger partial charge < -0.3 is 10.1 Å². The maximum atomic E-state index is 12.6. The minimum atomic E-state index is -0.188. The number of hydrogen-bond donors (Lipinski definition) is 1. The third-order valence-electron chi connectivity index (χ3n) is 3.99. The van der Waals surface area contributed by atoms with Crippen LogP contribution >= 0.6 is 23.2 Å². The normalized spacial score (nSPS) is 10.9. The molecule has 0 aliphatic heterocycles. The Morgan fingerprint density at radius 3 is 2.68 bits per heavy atom. The molecule has 146 valence electrons. The molecule has 0 saturated carbocycles. The Kier molecular flexibility index (Phi) is 6.51. The fourth-order valence-electron chi connectivity index (χ4n) is 2.79. The molecule has 3 aromatic rings. The van der Waals surface area contributed by atoms with E-state index < -0.39 is 0 Å². The summed E-state index contributed by atoms with van der Waals surface area (Å²) in [5, 5.41) is 8.11. The number of carbonyl (C=O) groups excluding carboxylic acids is 1. The second-order valence-corrected chi connectivity index (χ2v) is 7.05. The lowest BCUT2D eigenvalue weighted by Gasteiger charge is -2.19. The largest absolute Gasteiger partial charge is 0.496 e. The van der Waals surface area contributed by atoms with Gasteiger partial charge in [0, 0.05) is 22.2 Å². The number of methoxy groups -OCH3 is 1. The number of hydrogen-bond acceptors (Lipinski definition) is 5. The van der Waals surface area contributed by atoms with Gasteiger partial charge in [0.25, 0.3) is 0 Å². The van der Waals surface area contributed by atoms with E-state index in [2.05, 4.69) is 15.4 Å². The molecule has 0 saturated heterocycles. The fourth-order valence-corrected chi connectivity index (χ4v) is 3.16. The van der Waals surface area contributed by atoms with Crippen molar-refractivity contribution in [2.24, 2.45) is 0 Å². The van der Waals surface area contributed by atoms with Crippen LogP contribution in [-0.2, 0) is 11.3 Å². The first-order valence-corrected chi connectivity index (χ1v) is 9.17. The first kappa shape index (κ1) is 20.1. The van der Waals surface area contributed by atoms with Gasteiger partial charge in [-0.1, -0.05) is 23.2 Å². The predicted octanol–water partition coefficient (Wildman–Crippen LogP) is 3.65. The van der Waals surface area contributed by atoms with E-state index in [1.165, 1.54) is 6.33 Å². The van der Waals surface area contributed by atoms with Crippen molar-refractivity contribution >= 4 is 34.8 Å². The number of rotatable bonds is 7. The number of aromatic nitrogens is 3. The minimum Gasteiger partial charge on any atom is -0.496 e. The summed E-state index contributed by atoms with van der Waals surface area (Å²) in [6.07, 6.45) is 2.98. The summed E-state index contributed by atoms with van der Waals surface area (Å²) in [6, 6.07) is 10.6. The van der Waals surface area contributed by atoms with E-state index in [9.17, 15) is 4.79 Å². The number of nitrogens with zero attached hydrogens (tertiary/aromatic N) is 4. The number of anilines is 1. The average molecular weight is 420 g/mol. The molecule has 2 aromatic carbocycles. The topological polar surface area (TPSA) is 72.3 Å². The van der Waals surface area contributed by atoms with Crippen molar-refractivity contribution in [2.75, 3.05) is 26.0 Å². The minimum absolute atomic E-state index is 0.166. The van der Waals surface area contributed by atoms with E-state index in [0.29, 0.717) is 28.0 Å². The van der Waals surface area contributed by atoms with Gasteiger partial charge in [0.1, 0.15) is 18.4 Å². The van der Waals surface area contributed by atoms with Gasteiger partial charge in [-0.25, -0.2) is 9.67 Å². The summed E-state index contributed by atoms with van der Waals surface area (Å²) in [6.45, 7) is 0.668. The molecule has 1 aromatic heterocycles. The van der Waals surface area contributed by atoms with Crippen LogP contribution in [0.5, 0.6) is 5.75 Å². The molecule has 0 aliphatic carbocycles. The number of nitrogens with one attached hydrogen (secondary N) is 1. The van der Waals surface area contributed by atoms with E-state index in [1.807, 2.05) is 24.1 Å². The maximum absolute atomic E-state index is 12.6. The maximum Gasteiger partial charge on any atom is 0.238 e. The molecule has 1 N–H and O–H groups in total. The average Bonchev–Trinajstić information content (AvgIpc) is 3.16. The Labute approximate surface area is 172 Å². The van der Waals surface area contributed by atoms with Gasteiger partial charge in [0.15, 0.2) is 0 Å². The molecule has 1 heterocycles. The van der Waals surface area contributed by atoms with Crippen LogP contribution < -0.4 is 10.1 Å². The van der Waals surface area contributed by atoms with Crippen LogP contribution in [0.15, 0.2) is 49.1 Å². The first-order chi connectivity index (χ1) is 13.5. The summed E-state index contributed by atoms with van der Waals surface area (Å²) in [5.41, 5.74) is 2.13. The van der Waals surface area contributed by atoms with E-state index in [-0.39, 0.29) is 12.5 Å². The molecule has 7 nitrogen and oxygen atoms in total. The first-order valence-electron chi connectivity index (χ1n) is 8.41. The van der Waals surface area contributed by atoms with Gasteiger partial charge in [-0.15, -0.1) is 0 Å². The van der Waals surface area contributed by atoms with E-state index in [0.717, 1.165) is 11.3 Å². The lowest BCUT2D eigenvalue weighted by molar-refractivity contribution is -0.117. The van der Waals surface area contributed by atoms with Crippen LogP contribution in [0.1, 0.15) is 5.56 Å². The monoisotopic (exact) mass is 419 g/mol. The molecule has 0 spiro atoms. The third kappa shape index (κ3) is 5.01. The lowest BCUT2D eigenvalue weighted by Crippen LogP contribution is -2.30. The molecule has 0 atom stereocenters. The van der Waals surface area contributed by atoms with Crippen molar-refractivity contribution in [1.29, 1.82) is 0 Å². The molecule has 0 bridgehead atoms.